The highest BCUT2D eigenvalue weighted by Crippen LogP contribution is 2.28. The number of pyridine rings is 1. The number of hydrogen-bond donors (Lipinski definition) is 2. The molecule has 6 nitrogen and oxygen atoms in total. The molecular formula is C21H25ClN4O2S. The van der Waals surface area contributed by atoms with Crippen LogP contribution < -0.4 is 11.1 Å². The van der Waals surface area contributed by atoms with E-state index in [1.807, 2.05) is 38.4 Å². The second-order valence-electron chi connectivity index (χ2n) is 7.03. The Hall–Kier alpha value is -2.19. The molecule has 0 aliphatic carbocycles. The molecule has 0 aliphatic rings. The molecule has 0 radical (unpaired) electrons. The molecule has 0 spiro atoms. The van der Waals surface area contributed by atoms with Crippen LogP contribution in [0.1, 0.15) is 26.5 Å². The normalized spacial score (nSPS) is 11.3. The van der Waals surface area contributed by atoms with Gasteiger partial charge < -0.3 is 20.7 Å². The molecule has 154 valence electrons. The fraction of sp³-hybridized carbons (Fsp3) is 0.333. The molecular weight excluding hydrogens is 408 g/mol. The van der Waals surface area contributed by atoms with Gasteiger partial charge in [0.15, 0.2) is 0 Å². The third-order valence-electron chi connectivity index (χ3n) is 4.42. The molecule has 0 saturated heterocycles. The van der Waals surface area contributed by atoms with Gasteiger partial charge in [-0.05, 0) is 56.2 Å². The van der Waals surface area contributed by atoms with Crippen LogP contribution >= 0.6 is 22.9 Å². The maximum Gasteiger partial charge on any atom is 0.261 e. The molecule has 2 heterocycles. The summed E-state index contributed by atoms with van der Waals surface area (Å²) in [6.07, 6.45) is 2.63. The second kappa shape index (κ2) is 10.0. The molecule has 2 aromatic heterocycles. The summed E-state index contributed by atoms with van der Waals surface area (Å²) < 4.78 is 5.68. The van der Waals surface area contributed by atoms with E-state index >= 15 is 0 Å². The molecule has 3 aromatic rings. The number of nitrogens with one attached hydrogen (secondary N) is 1. The molecule has 8 heteroatoms. The Morgan fingerprint density at radius 1 is 1.31 bits per heavy atom. The minimum Gasteiger partial charge on any atom is -0.383 e. The molecule has 3 rings (SSSR count). The maximum atomic E-state index is 12.5. The molecule has 0 saturated carbocycles. The Kier molecular flexibility index (Phi) is 7.44. The van der Waals surface area contributed by atoms with Crippen LogP contribution in [0.3, 0.4) is 0 Å². The van der Waals surface area contributed by atoms with Gasteiger partial charge in [-0.3, -0.25) is 4.79 Å². The molecule has 0 unspecified atom stereocenters. The first kappa shape index (κ1) is 21.5. The van der Waals surface area contributed by atoms with Crippen LogP contribution in [0.2, 0.25) is 5.02 Å². The van der Waals surface area contributed by atoms with Gasteiger partial charge in [0.25, 0.3) is 5.91 Å². The topological polar surface area (TPSA) is 80.5 Å². The fourth-order valence-corrected chi connectivity index (χ4v) is 4.14. The summed E-state index contributed by atoms with van der Waals surface area (Å²) in [5, 5.41) is 5.42. The number of amides is 1. The van der Waals surface area contributed by atoms with Crippen molar-refractivity contribution in [2.45, 2.75) is 19.6 Å². The number of carbonyl (C=O) groups excluding carboxylic acids is 1. The zero-order valence-corrected chi connectivity index (χ0v) is 18.1. The van der Waals surface area contributed by atoms with Crippen molar-refractivity contribution in [3.63, 3.8) is 0 Å². The number of carbonyl (C=O) groups is 1. The number of halogens is 1. The number of thiophene rings is 1. The van der Waals surface area contributed by atoms with Crippen LogP contribution in [0.5, 0.6) is 0 Å². The van der Waals surface area contributed by atoms with Crippen molar-refractivity contribution in [2.75, 3.05) is 33.0 Å². The van der Waals surface area contributed by atoms with E-state index < -0.39 is 0 Å². The van der Waals surface area contributed by atoms with Gasteiger partial charge in [-0.15, -0.1) is 11.3 Å². The lowest BCUT2D eigenvalue weighted by Gasteiger charge is -2.09. The zero-order chi connectivity index (χ0) is 20.8. The summed E-state index contributed by atoms with van der Waals surface area (Å²) in [5.41, 5.74) is 6.87. The summed E-state index contributed by atoms with van der Waals surface area (Å²) in [5.74, 6) is 0.355. The third-order valence-corrected chi connectivity index (χ3v) is 5.98. The van der Waals surface area contributed by atoms with Gasteiger partial charge in [0, 0.05) is 29.6 Å². The average molecular weight is 433 g/mol. The van der Waals surface area contributed by atoms with Crippen LogP contribution in [0.15, 0.2) is 36.5 Å². The van der Waals surface area contributed by atoms with Crippen molar-refractivity contribution in [3.8, 4) is 0 Å². The van der Waals surface area contributed by atoms with E-state index in [2.05, 4.69) is 15.2 Å². The number of ether oxygens (including phenoxy) is 1. The van der Waals surface area contributed by atoms with Crippen molar-refractivity contribution in [3.05, 3.63) is 56.9 Å². The Morgan fingerprint density at radius 2 is 2.14 bits per heavy atom. The highest BCUT2D eigenvalue weighted by Gasteiger charge is 2.14. The van der Waals surface area contributed by atoms with E-state index in [1.54, 1.807) is 12.3 Å². The number of anilines is 1. The number of aromatic nitrogens is 1. The summed E-state index contributed by atoms with van der Waals surface area (Å²) >= 11 is 7.64. The minimum absolute atomic E-state index is 0.148. The first-order valence-electron chi connectivity index (χ1n) is 9.36. The number of fused-ring (bicyclic) bond motifs is 1. The lowest BCUT2D eigenvalue weighted by molar-refractivity contribution is 0.0955. The maximum absolute atomic E-state index is 12.5. The average Bonchev–Trinajstić information content (AvgIpc) is 3.06. The molecule has 0 fully saturated rings. The number of rotatable bonds is 9. The minimum atomic E-state index is -0.148. The predicted molar refractivity (Wildman–Crippen MR) is 119 cm³/mol. The van der Waals surface area contributed by atoms with E-state index in [-0.39, 0.29) is 5.91 Å². The van der Waals surface area contributed by atoms with E-state index in [1.165, 1.54) is 11.3 Å². The first-order valence-corrected chi connectivity index (χ1v) is 10.6. The van der Waals surface area contributed by atoms with Gasteiger partial charge in [0.2, 0.25) is 0 Å². The highest BCUT2D eigenvalue weighted by molar-refractivity contribution is 7.14. The number of hydrogen-bond acceptors (Lipinski definition) is 6. The molecule has 29 heavy (non-hydrogen) atoms. The standard InChI is InChI=1S/C21H25ClN4O2S/c1-26(2)8-3-9-28-13-19-17(22)11-18(29-19)21(27)25-12-14-4-5-16-15(10-14)6-7-24-20(16)23/h4-7,10-11H,3,8-9,12-13H2,1-2H3,(H2,23,24)(H,25,27). The second-order valence-corrected chi connectivity index (χ2v) is 8.57. The largest absolute Gasteiger partial charge is 0.383 e. The van der Waals surface area contributed by atoms with Crippen LogP contribution in [-0.4, -0.2) is 43.0 Å². The van der Waals surface area contributed by atoms with Crippen LogP contribution in [0, 0.1) is 0 Å². The number of benzene rings is 1. The Morgan fingerprint density at radius 3 is 2.93 bits per heavy atom. The molecule has 3 N–H and O–H groups in total. The van der Waals surface area contributed by atoms with Gasteiger partial charge in [-0.1, -0.05) is 23.7 Å². The number of nitrogens with zero attached hydrogens (tertiary/aromatic N) is 2. The SMILES string of the molecule is CN(C)CCCOCc1sc(C(=O)NCc2ccc3c(N)nccc3c2)cc1Cl. The van der Waals surface area contributed by atoms with Gasteiger partial charge in [0.05, 0.1) is 16.5 Å². The van der Waals surface area contributed by atoms with Crippen molar-refractivity contribution < 1.29 is 9.53 Å². The molecule has 0 aliphatic heterocycles. The molecule has 1 aromatic carbocycles. The van der Waals surface area contributed by atoms with Gasteiger partial charge in [-0.2, -0.15) is 0 Å². The predicted octanol–water partition coefficient (Wildman–Crippen LogP) is 3.93. The Labute approximate surface area is 179 Å². The van der Waals surface area contributed by atoms with Crippen LogP contribution in [0.25, 0.3) is 10.8 Å². The molecule has 0 atom stereocenters. The zero-order valence-electron chi connectivity index (χ0n) is 16.6. The van der Waals surface area contributed by atoms with E-state index in [0.29, 0.717) is 35.5 Å². The van der Waals surface area contributed by atoms with Crippen molar-refractivity contribution in [2.24, 2.45) is 0 Å². The summed E-state index contributed by atoms with van der Waals surface area (Å²) in [6.45, 7) is 2.48. The molecule has 0 bridgehead atoms. The summed E-state index contributed by atoms with van der Waals surface area (Å²) in [4.78, 5) is 20.2. The van der Waals surface area contributed by atoms with Crippen LogP contribution in [0.4, 0.5) is 5.82 Å². The quantitative estimate of drug-likeness (QED) is 0.501. The Balaban J connectivity index is 1.54. The van der Waals surface area contributed by atoms with Crippen LogP contribution in [-0.2, 0) is 17.9 Å². The van der Waals surface area contributed by atoms with Crippen molar-refractivity contribution >= 4 is 45.4 Å². The number of nitrogen functional groups attached to an aromatic ring is 1. The van der Waals surface area contributed by atoms with E-state index in [0.717, 1.165) is 34.2 Å². The monoisotopic (exact) mass is 432 g/mol. The van der Waals surface area contributed by atoms with Gasteiger partial charge in [0.1, 0.15) is 5.82 Å². The fourth-order valence-electron chi connectivity index (χ4n) is 2.89. The van der Waals surface area contributed by atoms with Crippen molar-refractivity contribution in [1.29, 1.82) is 0 Å². The lowest BCUT2D eigenvalue weighted by Crippen LogP contribution is -2.21. The Bertz CT molecular complexity index is 990. The smallest absolute Gasteiger partial charge is 0.261 e. The molecule has 1 amide bonds. The summed E-state index contributed by atoms with van der Waals surface area (Å²) in [7, 11) is 4.07. The van der Waals surface area contributed by atoms with E-state index in [9.17, 15) is 4.79 Å². The van der Waals surface area contributed by atoms with Crippen molar-refractivity contribution in [1.82, 2.24) is 15.2 Å². The highest BCUT2D eigenvalue weighted by atomic mass is 35.5. The number of nitrogens with two attached hydrogens (primary N) is 1. The van der Waals surface area contributed by atoms with Gasteiger partial charge >= 0.3 is 0 Å². The van der Waals surface area contributed by atoms with E-state index in [4.69, 9.17) is 22.1 Å². The third kappa shape index (κ3) is 5.90. The van der Waals surface area contributed by atoms with Gasteiger partial charge in [-0.25, -0.2) is 4.98 Å². The lowest BCUT2D eigenvalue weighted by atomic mass is 10.1. The first-order chi connectivity index (χ1) is 13.9. The summed E-state index contributed by atoms with van der Waals surface area (Å²) in [6, 6.07) is 9.47.